The molecule has 0 aliphatic heterocycles. The van der Waals surface area contributed by atoms with Crippen molar-refractivity contribution in [2.45, 2.75) is 13.0 Å². The van der Waals surface area contributed by atoms with Crippen molar-refractivity contribution in [2.24, 2.45) is 0 Å². The third-order valence-electron chi connectivity index (χ3n) is 3.26. The highest BCUT2D eigenvalue weighted by atomic mass is 35.5. The van der Waals surface area contributed by atoms with Gasteiger partial charge in [0.05, 0.1) is 10.4 Å². The smallest absolute Gasteiger partial charge is 0.268 e. The molecule has 0 aliphatic carbocycles. The number of anilines is 1. The highest BCUT2D eigenvalue weighted by Crippen LogP contribution is 2.27. The van der Waals surface area contributed by atoms with Crippen molar-refractivity contribution in [3.05, 3.63) is 51.3 Å². The number of halogens is 1. The third-order valence-corrected chi connectivity index (χ3v) is 4.67. The van der Waals surface area contributed by atoms with Crippen LogP contribution in [0.4, 0.5) is 5.69 Å². The zero-order valence-electron chi connectivity index (χ0n) is 11.3. The molecule has 1 atom stereocenters. The topological polar surface area (TPSA) is 70.9 Å². The van der Waals surface area contributed by atoms with Gasteiger partial charge in [-0.25, -0.2) is 0 Å². The van der Waals surface area contributed by atoms with Crippen molar-refractivity contribution < 1.29 is 4.79 Å². The number of carbonyl (C=O) groups excluding carboxylic acids is 1. The van der Waals surface area contributed by atoms with Crippen LogP contribution >= 0.6 is 22.9 Å². The number of hydrogen-bond donors (Lipinski definition) is 3. The average Bonchev–Trinajstić information content (AvgIpc) is 3.04. The van der Waals surface area contributed by atoms with Gasteiger partial charge in [0.1, 0.15) is 5.69 Å². The molecule has 6 heteroatoms. The van der Waals surface area contributed by atoms with E-state index in [1.807, 2.05) is 31.2 Å². The Morgan fingerprint density at radius 3 is 2.86 bits per heavy atom. The van der Waals surface area contributed by atoms with E-state index in [0.29, 0.717) is 15.7 Å². The van der Waals surface area contributed by atoms with E-state index in [0.717, 1.165) is 15.8 Å². The molecular formula is C15H14ClN3OS. The van der Waals surface area contributed by atoms with Crippen LogP contribution in [0.5, 0.6) is 0 Å². The molecule has 108 valence electrons. The molecule has 2 aromatic heterocycles. The van der Waals surface area contributed by atoms with Gasteiger partial charge in [-0.3, -0.25) is 4.79 Å². The van der Waals surface area contributed by atoms with E-state index in [1.54, 1.807) is 12.1 Å². The number of carbonyl (C=O) groups is 1. The van der Waals surface area contributed by atoms with Crippen LogP contribution in [0.25, 0.3) is 10.9 Å². The number of rotatable bonds is 3. The SMILES string of the molecule is CC(NC(=O)c1cc2cc(N)ccc2[nH]1)c1ccc(Cl)s1. The zero-order chi connectivity index (χ0) is 15.0. The molecule has 0 saturated heterocycles. The molecule has 1 amide bonds. The molecule has 0 bridgehead atoms. The van der Waals surface area contributed by atoms with E-state index in [2.05, 4.69) is 10.3 Å². The summed E-state index contributed by atoms with van der Waals surface area (Å²) in [5.74, 6) is -0.151. The fourth-order valence-corrected chi connectivity index (χ4v) is 3.24. The van der Waals surface area contributed by atoms with Crippen molar-refractivity contribution in [3.63, 3.8) is 0 Å². The fourth-order valence-electron chi connectivity index (χ4n) is 2.18. The number of nitrogen functional groups attached to an aromatic ring is 1. The molecule has 3 aromatic rings. The minimum atomic E-state index is -0.151. The maximum absolute atomic E-state index is 12.3. The van der Waals surface area contributed by atoms with E-state index < -0.39 is 0 Å². The lowest BCUT2D eigenvalue weighted by molar-refractivity contribution is 0.0936. The predicted molar refractivity (Wildman–Crippen MR) is 87.9 cm³/mol. The van der Waals surface area contributed by atoms with Gasteiger partial charge < -0.3 is 16.0 Å². The number of benzene rings is 1. The molecule has 21 heavy (non-hydrogen) atoms. The summed E-state index contributed by atoms with van der Waals surface area (Å²) in [6.45, 7) is 1.93. The first kappa shape index (κ1) is 14.0. The van der Waals surface area contributed by atoms with Crippen molar-refractivity contribution in [1.29, 1.82) is 0 Å². The van der Waals surface area contributed by atoms with Crippen LogP contribution in [0.3, 0.4) is 0 Å². The predicted octanol–water partition coefficient (Wildman–Crippen LogP) is 3.96. The van der Waals surface area contributed by atoms with Gasteiger partial charge in [-0.1, -0.05) is 11.6 Å². The summed E-state index contributed by atoms with van der Waals surface area (Å²) in [5.41, 5.74) is 7.83. The Morgan fingerprint density at radius 2 is 2.14 bits per heavy atom. The summed E-state index contributed by atoms with van der Waals surface area (Å²) in [6.07, 6.45) is 0. The van der Waals surface area contributed by atoms with Crippen molar-refractivity contribution in [3.8, 4) is 0 Å². The Kier molecular flexibility index (Phi) is 3.61. The molecule has 0 radical (unpaired) electrons. The van der Waals surface area contributed by atoms with Gasteiger partial charge in [0, 0.05) is 21.5 Å². The summed E-state index contributed by atoms with van der Waals surface area (Å²) >= 11 is 7.38. The number of fused-ring (bicyclic) bond motifs is 1. The van der Waals surface area contributed by atoms with Gasteiger partial charge in [-0.15, -0.1) is 11.3 Å². The maximum atomic E-state index is 12.3. The first-order chi connectivity index (χ1) is 10.0. The Labute approximate surface area is 130 Å². The van der Waals surface area contributed by atoms with Gasteiger partial charge in [-0.05, 0) is 43.3 Å². The lowest BCUT2D eigenvalue weighted by atomic mass is 10.2. The monoisotopic (exact) mass is 319 g/mol. The second kappa shape index (κ2) is 5.42. The number of hydrogen-bond acceptors (Lipinski definition) is 3. The summed E-state index contributed by atoms with van der Waals surface area (Å²) in [4.78, 5) is 16.4. The van der Waals surface area contributed by atoms with Crippen molar-refractivity contribution in [1.82, 2.24) is 10.3 Å². The van der Waals surface area contributed by atoms with Crippen LogP contribution in [0.15, 0.2) is 36.4 Å². The molecule has 0 saturated carbocycles. The summed E-state index contributed by atoms with van der Waals surface area (Å²) in [5, 5.41) is 3.87. The van der Waals surface area contributed by atoms with Gasteiger partial charge in [0.15, 0.2) is 0 Å². The van der Waals surface area contributed by atoms with Crippen LogP contribution in [-0.4, -0.2) is 10.9 Å². The van der Waals surface area contributed by atoms with Crippen molar-refractivity contribution in [2.75, 3.05) is 5.73 Å². The maximum Gasteiger partial charge on any atom is 0.268 e. The Morgan fingerprint density at radius 1 is 1.33 bits per heavy atom. The molecule has 0 fully saturated rings. The van der Waals surface area contributed by atoms with Gasteiger partial charge in [-0.2, -0.15) is 0 Å². The quantitative estimate of drug-likeness (QED) is 0.639. The number of nitrogens with two attached hydrogens (primary N) is 1. The second-order valence-corrected chi connectivity index (χ2v) is 6.61. The van der Waals surface area contributed by atoms with E-state index >= 15 is 0 Å². The Balaban J connectivity index is 1.80. The van der Waals surface area contributed by atoms with E-state index in [4.69, 9.17) is 17.3 Å². The molecule has 3 rings (SSSR count). The molecule has 0 spiro atoms. The molecule has 1 unspecified atom stereocenters. The van der Waals surface area contributed by atoms with Crippen LogP contribution in [0.2, 0.25) is 4.34 Å². The van der Waals surface area contributed by atoms with Crippen LogP contribution in [0.1, 0.15) is 28.3 Å². The van der Waals surface area contributed by atoms with Crippen LogP contribution < -0.4 is 11.1 Å². The van der Waals surface area contributed by atoms with Gasteiger partial charge >= 0.3 is 0 Å². The number of H-pyrrole nitrogens is 1. The summed E-state index contributed by atoms with van der Waals surface area (Å²) < 4.78 is 0.715. The average molecular weight is 320 g/mol. The molecular weight excluding hydrogens is 306 g/mol. The van der Waals surface area contributed by atoms with Gasteiger partial charge in [0.25, 0.3) is 5.91 Å². The largest absolute Gasteiger partial charge is 0.399 e. The number of aromatic nitrogens is 1. The minimum Gasteiger partial charge on any atom is -0.399 e. The highest BCUT2D eigenvalue weighted by Gasteiger charge is 2.15. The summed E-state index contributed by atoms with van der Waals surface area (Å²) in [6, 6.07) is 11.0. The zero-order valence-corrected chi connectivity index (χ0v) is 12.9. The van der Waals surface area contributed by atoms with Gasteiger partial charge in [0.2, 0.25) is 0 Å². The van der Waals surface area contributed by atoms with E-state index in [-0.39, 0.29) is 11.9 Å². The minimum absolute atomic E-state index is 0.0912. The molecule has 0 aliphatic rings. The first-order valence-electron chi connectivity index (χ1n) is 6.47. The third kappa shape index (κ3) is 2.89. The number of amides is 1. The molecule has 4 nitrogen and oxygen atoms in total. The molecule has 4 N–H and O–H groups in total. The lowest BCUT2D eigenvalue weighted by Gasteiger charge is -2.11. The van der Waals surface area contributed by atoms with Crippen LogP contribution in [-0.2, 0) is 0 Å². The Bertz CT molecular complexity index is 808. The first-order valence-corrected chi connectivity index (χ1v) is 7.67. The summed E-state index contributed by atoms with van der Waals surface area (Å²) in [7, 11) is 0. The normalized spacial score (nSPS) is 12.5. The van der Waals surface area contributed by atoms with E-state index in [1.165, 1.54) is 11.3 Å². The fraction of sp³-hybridized carbons (Fsp3) is 0.133. The Hall–Kier alpha value is -1.98. The standard InChI is InChI=1S/C15H14ClN3OS/c1-8(13-4-5-14(16)21-13)18-15(20)12-7-9-6-10(17)2-3-11(9)19-12/h2-8,19H,17H2,1H3,(H,18,20). The lowest BCUT2D eigenvalue weighted by Crippen LogP contribution is -2.26. The number of aromatic amines is 1. The molecule has 1 aromatic carbocycles. The van der Waals surface area contributed by atoms with Crippen molar-refractivity contribution >= 4 is 45.4 Å². The number of nitrogens with one attached hydrogen (secondary N) is 2. The number of thiophene rings is 1. The molecule has 2 heterocycles. The second-order valence-electron chi connectivity index (χ2n) is 4.87. The van der Waals surface area contributed by atoms with E-state index in [9.17, 15) is 4.79 Å². The highest BCUT2D eigenvalue weighted by molar-refractivity contribution is 7.16. The van der Waals surface area contributed by atoms with Crippen LogP contribution in [0, 0.1) is 0 Å².